The highest BCUT2D eigenvalue weighted by atomic mass is 79.9. The fourth-order valence-electron chi connectivity index (χ4n) is 1.11. The maximum atomic E-state index is 13.1. The third kappa shape index (κ3) is 3.08. The van der Waals surface area contributed by atoms with Gasteiger partial charge in [-0.3, -0.25) is 0 Å². The van der Waals surface area contributed by atoms with Crippen molar-refractivity contribution in [2.75, 3.05) is 0 Å². The van der Waals surface area contributed by atoms with Crippen LogP contribution in [0.3, 0.4) is 0 Å². The first-order valence-electron chi connectivity index (χ1n) is 3.97. The Morgan fingerprint density at radius 2 is 2.21 bits per heavy atom. The molecule has 1 rings (SSSR count). The minimum absolute atomic E-state index is 0. The quantitative estimate of drug-likeness (QED) is 0.841. The molecule has 0 bridgehead atoms. The molecule has 0 amide bonds. The molecule has 0 aliphatic rings. The molecular formula is C10H12BrClFN. The van der Waals surface area contributed by atoms with Gasteiger partial charge in [0.2, 0.25) is 0 Å². The summed E-state index contributed by atoms with van der Waals surface area (Å²) >= 11 is 3.16. The molecule has 0 aliphatic heterocycles. The summed E-state index contributed by atoms with van der Waals surface area (Å²) < 4.78 is 13.5. The Hall–Kier alpha value is -0.380. The monoisotopic (exact) mass is 279 g/mol. The van der Waals surface area contributed by atoms with E-state index < -0.39 is 0 Å². The van der Waals surface area contributed by atoms with E-state index in [1.807, 2.05) is 0 Å². The fourth-order valence-corrected chi connectivity index (χ4v) is 1.67. The van der Waals surface area contributed by atoms with Crippen molar-refractivity contribution in [1.82, 2.24) is 0 Å². The molecule has 14 heavy (non-hydrogen) atoms. The SMILES string of the molecule is C=CC[C@H](N)c1cccc(F)c1Br.Cl. The van der Waals surface area contributed by atoms with Crippen LogP contribution in [0.5, 0.6) is 0 Å². The maximum absolute atomic E-state index is 13.1. The Morgan fingerprint density at radius 1 is 1.57 bits per heavy atom. The van der Waals surface area contributed by atoms with Crippen LogP contribution in [0.2, 0.25) is 0 Å². The van der Waals surface area contributed by atoms with Crippen LogP contribution in [0.1, 0.15) is 18.0 Å². The zero-order valence-corrected chi connectivity index (χ0v) is 9.94. The summed E-state index contributed by atoms with van der Waals surface area (Å²) in [5, 5.41) is 0. The van der Waals surface area contributed by atoms with Crippen molar-refractivity contribution in [2.24, 2.45) is 5.73 Å². The highest BCUT2D eigenvalue weighted by Crippen LogP contribution is 2.26. The lowest BCUT2D eigenvalue weighted by Crippen LogP contribution is -2.10. The highest BCUT2D eigenvalue weighted by molar-refractivity contribution is 9.10. The lowest BCUT2D eigenvalue weighted by Gasteiger charge is -2.11. The van der Waals surface area contributed by atoms with Crippen molar-refractivity contribution in [1.29, 1.82) is 0 Å². The molecule has 0 radical (unpaired) electrons. The molecule has 0 spiro atoms. The highest BCUT2D eigenvalue weighted by Gasteiger charge is 2.10. The molecule has 0 saturated carbocycles. The van der Waals surface area contributed by atoms with Gasteiger partial charge in [-0.1, -0.05) is 18.2 Å². The Morgan fingerprint density at radius 3 is 2.79 bits per heavy atom. The van der Waals surface area contributed by atoms with Gasteiger partial charge in [0.15, 0.2) is 0 Å². The number of halogens is 3. The first-order valence-corrected chi connectivity index (χ1v) is 4.76. The predicted octanol–water partition coefficient (Wildman–Crippen LogP) is 3.59. The summed E-state index contributed by atoms with van der Waals surface area (Å²) in [6, 6.07) is 4.66. The fraction of sp³-hybridized carbons (Fsp3) is 0.200. The average Bonchev–Trinajstić information content (AvgIpc) is 2.10. The average molecular weight is 281 g/mol. The molecular weight excluding hydrogens is 268 g/mol. The maximum Gasteiger partial charge on any atom is 0.137 e. The van der Waals surface area contributed by atoms with Crippen LogP contribution in [-0.4, -0.2) is 0 Å². The van der Waals surface area contributed by atoms with Gasteiger partial charge in [-0.2, -0.15) is 0 Å². The van der Waals surface area contributed by atoms with Gasteiger partial charge in [-0.25, -0.2) is 4.39 Å². The summed E-state index contributed by atoms with van der Waals surface area (Å²) in [5.41, 5.74) is 6.58. The molecule has 0 aliphatic carbocycles. The van der Waals surface area contributed by atoms with Gasteiger partial charge >= 0.3 is 0 Å². The molecule has 0 heterocycles. The predicted molar refractivity (Wildman–Crippen MR) is 63.1 cm³/mol. The molecule has 1 nitrogen and oxygen atoms in total. The molecule has 2 N–H and O–H groups in total. The van der Waals surface area contributed by atoms with Crippen molar-refractivity contribution in [3.05, 3.63) is 46.7 Å². The molecule has 1 aromatic carbocycles. The summed E-state index contributed by atoms with van der Waals surface area (Å²) in [7, 11) is 0. The van der Waals surface area contributed by atoms with E-state index in [0.29, 0.717) is 10.9 Å². The zero-order chi connectivity index (χ0) is 9.84. The lowest BCUT2D eigenvalue weighted by atomic mass is 10.0. The van der Waals surface area contributed by atoms with Crippen molar-refractivity contribution in [2.45, 2.75) is 12.5 Å². The minimum Gasteiger partial charge on any atom is -0.324 e. The van der Waals surface area contributed by atoms with Crippen LogP contribution in [0.4, 0.5) is 4.39 Å². The van der Waals surface area contributed by atoms with E-state index in [-0.39, 0.29) is 24.3 Å². The summed E-state index contributed by atoms with van der Waals surface area (Å²) in [5.74, 6) is -0.281. The van der Waals surface area contributed by atoms with Crippen molar-refractivity contribution in [3.8, 4) is 0 Å². The Labute approximate surface area is 97.7 Å². The lowest BCUT2D eigenvalue weighted by molar-refractivity contribution is 0.611. The molecule has 0 aromatic heterocycles. The van der Waals surface area contributed by atoms with Crippen molar-refractivity contribution >= 4 is 28.3 Å². The zero-order valence-electron chi connectivity index (χ0n) is 7.54. The Bertz CT molecular complexity index is 317. The van der Waals surface area contributed by atoms with E-state index >= 15 is 0 Å². The molecule has 0 unspecified atom stereocenters. The van der Waals surface area contributed by atoms with E-state index in [4.69, 9.17) is 5.73 Å². The van der Waals surface area contributed by atoms with Crippen LogP contribution < -0.4 is 5.73 Å². The second kappa shape index (κ2) is 6.17. The minimum atomic E-state index is -0.281. The standard InChI is InChI=1S/C10H11BrFN.ClH/c1-2-4-9(13)7-5-3-6-8(12)10(7)11;/h2-3,5-6,9H,1,4,13H2;1H/t9-;/m0./s1. The van der Waals surface area contributed by atoms with Crippen LogP contribution >= 0.6 is 28.3 Å². The van der Waals surface area contributed by atoms with Crippen LogP contribution in [0.25, 0.3) is 0 Å². The Balaban J connectivity index is 0.00000169. The van der Waals surface area contributed by atoms with Crippen LogP contribution in [-0.2, 0) is 0 Å². The summed E-state index contributed by atoms with van der Waals surface area (Å²) in [6.45, 7) is 3.59. The number of hydrogen-bond acceptors (Lipinski definition) is 1. The molecule has 0 fully saturated rings. The largest absolute Gasteiger partial charge is 0.324 e. The smallest absolute Gasteiger partial charge is 0.137 e. The van der Waals surface area contributed by atoms with Crippen LogP contribution in [0, 0.1) is 5.82 Å². The van der Waals surface area contributed by atoms with E-state index in [0.717, 1.165) is 5.56 Å². The van der Waals surface area contributed by atoms with Gasteiger partial charge < -0.3 is 5.73 Å². The van der Waals surface area contributed by atoms with Gasteiger partial charge in [0.25, 0.3) is 0 Å². The first-order chi connectivity index (χ1) is 6.16. The molecule has 4 heteroatoms. The summed E-state index contributed by atoms with van der Waals surface area (Å²) in [4.78, 5) is 0. The van der Waals surface area contributed by atoms with Crippen molar-refractivity contribution < 1.29 is 4.39 Å². The van der Waals surface area contributed by atoms with Gasteiger partial charge in [0.1, 0.15) is 5.82 Å². The second-order valence-corrected chi connectivity index (χ2v) is 3.57. The number of hydrogen-bond donors (Lipinski definition) is 1. The van der Waals surface area contributed by atoms with E-state index in [9.17, 15) is 4.39 Å². The van der Waals surface area contributed by atoms with E-state index in [1.165, 1.54) is 6.07 Å². The molecule has 0 saturated heterocycles. The normalized spacial score (nSPS) is 11.6. The number of benzene rings is 1. The van der Waals surface area contributed by atoms with Crippen molar-refractivity contribution in [3.63, 3.8) is 0 Å². The molecule has 1 atom stereocenters. The van der Waals surface area contributed by atoms with Gasteiger partial charge in [-0.05, 0) is 34.0 Å². The Kier molecular flexibility index (Phi) is 6.00. The van der Waals surface area contributed by atoms with Gasteiger partial charge in [0.05, 0.1) is 4.47 Å². The number of nitrogens with two attached hydrogens (primary N) is 1. The second-order valence-electron chi connectivity index (χ2n) is 2.77. The first kappa shape index (κ1) is 13.6. The van der Waals surface area contributed by atoms with Crippen LogP contribution in [0.15, 0.2) is 35.3 Å². The summed E-state index contributed by atoms with van der Waals surface area (Å²) in [6.07, 6.45) is 2.37. The molecule has 1 aromatic rings. The van der Waals surface area contributed by atoms with Gasteiger partial charge in [0, 0.05) is 6.04 Å². The van der Waals surface area contributed by atoms with E-state index in [1.54, 1.807) is 18.2 Å². The third-order valence-corrected chi connectivity index (χ3v) is 2.64. The topological polar surface area (TPSA) is 26.0 Å². The van der Waals surface area contributed by atoms with Gasteiger partial charge in [-0.15, -0.1) is 19.0 Å². The molecule has 78 valence electrons. The third-order valence-electron chi connectivity index (χ3n) is 1.80. The van der Waals surface area contributed by atoms with E-state index in [2.05, 4.69) is 22.5 Å². The number of rotatable bonds is 3.